The van der Waals surface area contributed by atoms with Gasteiger partial charge in [-0.25, -0.2) is 4.79 Å². The molecule has 0 saturated heterocycles. The van der Waals surface area contributed by atoms with Gasteiger partial charge in [0.15, 0.2) is 0 Å². The van der Waals surface area contributed by atoms with Gasteiger partial charge in [-0.2, -0.15) is 0 Å². The number of rotatable bonds is 2. The molecule has 0 aliphatic carbocycles. The molecule has 1 aliphatic rings. The summed E-state index contributed by atoms with van der Waals surface area (Å²) in [7, 11) is 0. The number of carbonyl (C=O) groups excluding carboxylic acids is 2. The fourth-order valence-electron chi connectivity index (χ4n) is 1.34. The Morgan fingerprint density at radius 2 is 2.12 bits per heavy atom. The van der Waals surface area contributed by atoms with Gasteiger partial charge < -0.3 is 15.5 Å². The van der Waals surface area contributed by atoms with Crippen LogP contribution in [0.5, 0.6) is 5.75 Å². The minimum absolute atomic E-state index is 0. The Hall–Kier alpha value is -1.48. The molecule has 16 heavy (non-hydrogen) atoms. The SMILES string of the molecule is C=[C-]C(=O)OC1C(=O)Oc2ccccc21.[Rh]. The monoisotopic (exact) mass is 306 g/mol. The molecule has 0 spiro atoms. The Kier molecular flexibility index (Phi) is 3.96. The zero-order valence-electron chi connectivity index (χ0n) is 8.06. The summed E-state index contributed by atoms with van der Waals surface area (Å²) < 4.78 is 9.71. The predicted molar refractivity (Wildman–Crippen MR) is 49.8 cm³/mol. The second-order valence-electron chi connectivity index (χ2n) is 2.92. The molecule has 1 aliphatic heterocycles. The van der Waals surface area contributed by atoms with E-state index in [1.165, 1.54) is 0 Å². The van der Waals surface area contributed by atoms with Crippen molar-refractivity contribution in [2.45, 2.75) is 6.10 Å². The fourth-order valence-corrected chi connectivity index (χ4v) is 1.34. The maximum Gasteiger partial charge on any atom is 0.357 e. The predicted octanol–water partition coefficient (Wildman–Crippen LogP) is 1.18. The third kappa shape index (κ3) is 2.20. The van der Waals surface area contributed by atoms with Crippen LogP contribution in [0.15, 0.2) is 30.8 Å². The average molecular weight is 306 g/mol. The van der Waals surface area contributed by atoms with Crippen molar-refractivity contribution < 1.29 is 38.5 Å². The molecule has 1 aromatic carbocycles. The summed E-state index contributed by atoms with van der Waals surface area (Å²) >= 11 is 0. The van der Waals surface area contributed by atoms with Crippen molar-refractivity contribution in [2.75, 3.05) is 0 Å². The van der Waals surface area contributed by atoms with E-state index in [0.29, 0.717) is 11.3 Å². The minimum Gasteiger partial charge on any atom is -0.470 e. The summed E-state index contributed by atoms with van der Waals surface area (Å²) in [4.78, 5) is 22.3. The first-order valence-electron chi connectivity index (χ1n) is 4.26. The molecule has 1 radical (unpaired) electrons. The molecule has 0 fully saturated rings. The van der Waals surface area contributed by atoms with Gasteiger partial charge in [-0.15, -0.1) is 0 Å². The van der Waals surface area contributed by atoms with E-state index in [9.17, 15) is 9.59 Å². The first-order chi connectivity index (χ1) is 7.22. The van der Waals surface area contributed by atoms with Crippen molar-refractivity contribution in [1.29, 1.82) is 0 Å². The summed E-state index contributed by atoms with van der Waals surface area (Å²) in [5, 5.41) is 0. The molecular weight excluding hydrogens is 299 g/mol. The van der Waals surface area contributed by atoms with Gasteiger partial charge in [0.25, 0.3) is 0 Å². The van der Waals surface area contributed by atoms with Gasteiger partial charge in [0.2, 0.25) is 6.10 Å². The van der Waals surface area contributed by atoms with Crippen molar-refractivity contribution in [2.24, 2.45) is 0 Å². The number of hydrogen-bond donors (Lipinski definition) is 0. The van der Waals surface area contributed by atoms with Crippen molar-refractivity contribution >= 4 is 11.9 Å². The number of carbonyl (C=O) groups is 2. The molecule has 85 valence electrons. The third-order valence-electron chi connectivity index (χ3n) is 2.00. The topological polar surface area (TPSA) is 52.6 Å². The van der Waals surface area contributed by atoms with Crippen LogP contribution in [0.4, 0.5) is 0 Å². The Bertz CT molecular complexity index is 441. The molecule has 1 unspecified atom stereocenters. The molecule has 4 nitrogen and oxygen atoms in total. The molecule has 0 bridgehead atoms. The maximum absolute atomic E-state index is 11.3. The second kappa shape index (κ2) is 5.04. The smallest absolute Gasteiger partial charge is 0.357 e. The molecule has 0 saturated carbocycles. The Balaban J connectivity index is 0.00000128. The normalized spacial score (nSPS) is 16.8. The van der Waals surface area contributed by atoms with Crippen molar-refractivity contribution in [3.05, 3.63) is 42.5 Å². The zero-order valence-corrected chi connectivity index (χ0v) is 9.70. The summed E-state index contributed by atoms with van der Waals surface area (Å²) in [6.45, 7) is 3.13. The largest absolute Gasteiger partial charge is 0.470 e. The fraction of sp³-hybridized carbons (Fsp3) is 0.0909. The van der Waals surface area contributed by atoms with E-state index < -0.39 is 18.0 Å². The summed E-state index contributed by atoms with van der Waals surface area (Å²) in [6.07, 6.45) is 1.03. The van der Waals surface area contributed by atoms with E-state index in [2.05, 4.69) is 6.58 Å². The Morgan fingerprint density at radius 3 is 2.81 bits per heavy atom. The van der Waals surface area contributed by atoms with Crippen LogP contribution in [-0.4, -0.2) is 11.9 Å². The van der Waals surface area contributed by atoms with Gasteiger partial charge in [0.1, 0.15) is 11.7 Å². The number of hydrogen-bond acceptors (Lipinski definition) is 4. The number of fused-ring (bicyclic) bond motifs is 1. The minimum atomic E-state index is -0.997. The van der Waals surface area contributed by atoms with E-state index >= 15 is 0 Å². The van der Waals surface area contributed by atoms with Crippen LogP contribution in [-0.2, 0) is 33.8 Å². The van der Waals surface area contributed by atoms with Crippen molar-refractivity contribution in [3.63, 3.8) is 0 Å². The third-order valence-corrected chi connectivity index (χ3v) is 2.00. The van der Waals surface area contributed by atoms with Crippen LogP contribution in [0.1, 0.15) is 11.7 Å². The van der Waals surface area contributed by atoms with Crippen LogP contribution in [0.25, 0.3) is 0 Å². The molecular formula is C11H7O4Rh-. The van der Waals surface area contributed by atoms with Crippen LogP contribution >= 0.6 is 0 Å². The summed E-state index contributed by atoms with van der Waals surface area (Å²) in [5.74, 6) is -0.946. The van der Waals surface area contributed by atoms with E-state index in [-0.39, 0.29) is 19.5 Å². The van der Waals surface area contributed by atoms with Gasteiger partial charge in [0, 0.05) is 25.0 Å². The zero-order chi connectivity index (χ0) is 10.8. The van der Waals surface area contributed by atoms with Gasteiger partial charge >= 0.3 is 5.97 Å². The maximum atomic E-state index is 11.3. The number of ether oxygens (including phenoxy) is 2. The Morgan fingerprint density at radius 1 is 1.44 bits per heavy atom. The van der Waals surface area contributed by atoms with E-state index in [1.807, 2.05) is 6.08 Å². The van der Waals surface area contributed by atoms with Crippen LogP contribution in [0.3, 0.4) is 0 Å². The van der Waals surface area contributed by atoms with Crippen molar-refractivity contribution in [3.8, 4) is 5.75 Å². The standard InChI is InChI=1S/C11H7O4.Rh/c1-2-9(12)15-10-7-5-3-4-6-8(7)14-11(10)13;/h3-6,10H,1H2;/q-1;. The summed E-state index contributed by atoms with van der Waals surface area (Å²) in [6, 6.07) is 6.77. The molecule has 0 N–H and O–H groups in total. The molecule has 1 aromatic rings. The number of esters is 2. The first kappa shape index (κ1) is 12.6. The Labute approximate surface area is 105 Å². The number of para-hydroxylation sites is 1. The van der Waals surface area contributed by atoms with Gasteiger partial charge in [-0.3, -0.25) is 11.4 Å². The van der Waals surface area contributed by atoms with Crippen LogP contribution in [0, 0.1) is 6.08 Å². The molecule has 5 heteroatoms. The molecule has 2 rings (SSSR count). The van der Waals surface area contributed by atoms with E-state index in [0.717, 1.165) is 0 Å². The van der Waals surface area contributed by atoms with Gasteiger partial charge in [-0.1, -0.05) is 18.2 Å². The van der Waals surface area contributed by atoms with Crippen molar-refractivity contribution in [1.82, 2.24) is 0 Å². The second-order valence-corrected chi connectivity index (χ2v) is 2.92. The molecule has 1 atom stereocenters. The van der Waals surface area contributed by atoms with Crippen LogP contribution < -0.4 is 4.74 Å². The van der Waals surface area contributed by atoms with Crippen LogP contribution in [0.2, 0.25) is 0 Å². The van der Waals surface area contributed by atoms with E-state index in [4.69, 9.17) is 9.47 Å². The first-order valence-corrected chi connectivity index (χ1v) is 4.26. The average Bonchev–Trinajstić information content (AvgIpc) is 2.55. The molecule has 0 aromatic heterocycles. The number of benzene rings is 1. The van der Waals surface area contributed by atoms with E-state index in [1.54, 1.807) is 24.3 Å². The summed E-state index contributed by atoms with van der Waals surface area (Å²) in [5.41, 5.74) is 0.547. The van der Waals surface area contributed by atoms with Gasteiger partial charge in [-0.05, 0) is 6.07 Å². The quantitative estimate of drug-likeness (QED) is 0.271. The molecule has 0 amide bonds. The molecule has 1 heterocycles. The van der Waals surface area contributed by atoms with Gasteiger partial charge in [0.05, 0.1) is 0 Å².